The third-order valence-electron chi connectivity index (χ3n) is 3.54. The van der Waals surface area contributed by atoms with Gasteiger partial charge in [-0.3, -0.25) is 4.79 Å². The predicted octanol–water partition coefficient (Wildman–Crippen LogP) is 2.26. The Kier molecular flexibility index (Phi) is 3.77. The van der Waals surface area contributed by atoms with Crippen molar-refractivity contribution < 1.29 is 9.90 Å². The fraction of sp³-hybridized carbons (Fsp3) is 0.917. The van der Waals surface area contributed by atoms with Crippen LogP contribution < -0.4 is 5.32 Å². The van der Waals surface area contributed by atoms with Crippen LogP contribution in [0.4, 0.5) is 0 Å². The summed E-state index contributed by atoms with van der Waals surface area (Å²) in [7, 11) is 0. The average Bonchev–Trinajstić information content (AvgIpc) is 2.82. The zero-order valence-corrected chi connectivity index (χ0v) is 10.2. The largest absolute Gasteiger partial charge is 0.480 e. The molecule has 88 valence electrons. The Morgan fingerprint density at radius 2 is 1.93 bits per heavy atom. The summed E-state index contributed by atoms with van der Waals surface area (Å²) in [6.45, 7) is 8.43. The lowest BCUT2D eigenvalue weighted by atomic mass is 9.97. The number of hydrogen-bond donors (Lipinski definition) is 2. The summed E-state index contributed by atoms with van der Waals surface area (Å²) in [6.07, 6.45) is 3.14. The van der Waals surface area contributed by atoms with Gasteiger partial charge in [0.1, 0.15) is 6.04 Å². The summed E-state index contributed by atoms with van der Waals surface area (Å²) in [5, 5.41) is 12.3. The molecule has 2 atom stereocenters. The summed E-state index contributed by atoms with van der Waals surface area (Å²) >= 11 is 0. The second kappa shape index (κ2) is 4.52. The lowest BCUT2D eigenvalue weighted by Gasteiger charge is -2.25. The van der Waals surface area contributed by atoms with Gasteiger partial charge in [-0.1, -0.05) is 20.8 Å². The molecular formula is C12H23NO2. The van der Waals surface area contributed by atoms with Crippen molar-refractivity contribution in [3.05, 3.63) is 0 Å². The van der Waals surface area contributed by atoms with Crippen molar-refractivity contribution in [1.82, 2.24) is 5.32 Å². The first-order valence-electron chi connectivity index (χ1n) is 5.84. The fourth-order valence-electron chi connectivity index (χ4n) is 1.84. The number of hydrogen-bond acceptors (Lipinski definition) is 2. The van der Waals surface area contributed by atoms with Crippen molar-refractivity contribution in [2.24, 2.45) is 11.3 Å². The van der Waals surface area contributed by atoms with Gasteiger partial charge < -0.3 is 10.4 Å². The van der Waals surface area contributed by atoms with Crippen LogP contribution in [-0.2, 0) is 4.79 Å². The molecule has 0 bridgehead atoms. The minimum atomic E-state index is -0.722. The Morgan fingerprint density at radius 1 is 1.40 bits per heavy atom. The topological polar surface area (TPSA) is 49.3 Å². The van der Waals surface area contributed by atoms with Gasteiger partial charge in [0.25, 0.3) is 0 Å². The molecule has 3 heteroatoms. The summed E-state index contributed by atoms with van der Waals surface area (Å²) in [5.41, 5.74) is 0.338. The Bertz CT molecular complexity index is 234. The number of carboxylic acid groups (broad SMARTS) is 1. The number of carboxylic acids is 1. The van der Waals surface area contributed by atoms with Crippen LogP contribution in [0.25, 0.3) is 0 Å². The first-order valence-corrected chi connectivity index (χ1v) is 5.84. The molecule has 0 radical (unpaired) electrons. The van der Waals surface area contributed by atoms with E-state index in [-0.39, 0.29) is 0 Å². The number of carbonyl (C=O) groups is 1. The summed E-state index contributed by atoms with van der Waals surface area (Å²) in [5.74, 6) is -0.308. The minimum absolute atomic E-state index is 0.303. The highest BCUT2D eigenvalue weighted by molar-refractivity contribution is 5.73. The first-order chi connectivity index (χ1) is 6.85. The predicted molar refractivity (Wildman–Crippen MR) is 60.8 cm³/mol. The van der Waals surface area contributed by atoms with Crippen molar-refractivity contribution in [1.29, 1.82) is 0 Å². The van der Waals surface area contributed by atoms with Gasteiger partial charge in [-0.05, 0) is 37.5 Å². The molecule has 0 aromatic heterocycles. The Morgan fingerprint density at radius 3 is 2.27 bits per heavy atom. The highest BCUT2D eigenvalue weighted by Gasteiger charge is 2.43. The average molecular weight is 213 g/mol. The van der Waals surface area contributed by atoms with Crippen LogP contribution >= 0.6 is 0 Å². The Hall–Kier alpha value is -0.570. The van der Waals surface area contributed by atoms with Crippen LogP contribution in [0.15, 0.2) is 0 Å². The molecule has 1 fully saturated rings. The molecule has 0 aliphatic heterocycles. The molecule has 1 rings (SSSR count). The minimum Gasteiger partial charge on any atom is -0.480 e. The van der Waals surface area contributed by atoms with Gasteiger partial charge in [0, 0.05) is 6.04 Å². The zero-order chi connectivity index (χ0) is 11.6. The number of aliphatic carboxylic acids is 1. The van der Waals surface area contributed by atoms with Crippen molar-refractivity contribution in [3.63, 3.8) is 0 Å². The lowest BCUT2D eigenvalue weighted by molar-refractivity contribution is -0.140. The smallest absolute Gasteiger partial charge is 0.320 e. The molecule has 0 spiro atoms. The zero-order valence-electron chi connectivity index (χ0n) is 10.2. The standard InChI is InChI=1S/C12H23NO2/c1-8(2)7-10(11(14)15)13-9(3)12(4)5-6-12/h8-10,13H,5-7H2,1-4H3,(H,14,15). The highest BCUT2D eigenvalue weighted by atomic mass is 16.4. The molecule has 1 aliphatic carbocycles. The summed E-state index contributed by atoms with van der Waals surface area (Å²) in [4.78, 5) is 11.1. The maximum atomic E-state index is 11.1. The number of rotatable bonds is 6. The van der Waals surface area contributed by atoms with Crippen LogP contribution in [0.1, 0.15) is 47.0 Å². The second-order valence-corrected chi connectivity index (χ2v) is 5.56. The van der Waals surface area contributed by atoms with E-state index in [9.17, 15) is 4.79 Å². The van der Waals surface area contributed by atoms with E-state index < -0.39 is 12.0 Å². The van der Waals surface area contributed by atoms with Gasteiger partial charge in [0.2, 0.25) is 0 Å². The van der Waals surface area contributed by atoms with Gasteiger partial charge in [0.05, 0.1) is 0 Å². The van der Waals surface area contributed by atoms with E-state index in [1.165, 1.54) is 12.8 Å². The van der Waals surface area contributed by atoms with Gasteiger partial charge in [-0.25, -0.2) is 0 Å². The molecule has 15 heavy (non-hydrogen) atoms. The Balaban J connectivity index is 2.47. The van der Waals surface area contributed by atoms with Crippen LogP contribution in [0, 0.1) is 11.3 Å². The van der Waals surface area contributed by atoms with E-state index in [4.69, 9.17) is 5.11 Å². The molecule has 1 aliphatic rings. The monoisotopic (exact) mass is 213 g/mol. The van der Waals surface area contributed by atoms with E-state index in [1.807, 2.05) is 0 Å². The molecule has 0 aromatic carbocycles. The van der Waals surface area contributed by atoms with Crippen LogP contribution in [-0.4, -0.2) is 23.2 Å². The van der Waals surface area contributed by atoms with Gasteiger partial charge >= 0.3 is 5.97 Å². The molecule has 2 unspecified atom stereocenters. The van der Waals surface area contributed by atoms with E-state index in [0.717, 1.165) is 0 Å². The summed E-state index contributed by atoms with van der Waals surface area (Å²) in [6, 6.07) is -0.0882. The Labute approximate surface area is 92.3 Å². The van der Waals surface area contributed by atoms with Gasteiger partial charge in [-0.15, -0.1) is 0 Å². The van der Waals surface area contributed by atoms with Gasteiger partial charge in [0.15, 0.2) is 0 Å². The molecule has 0 saturated heterocycles. The van der Waals surface area contributed by atoms with E-state index in [2.05, 4.69) is 33.0 Å². The third kappa shape index (κ3) is 3.49. The first kappa shape index (κ1) is 12.5. The maximum Gasteiger partial charge on any atom is 0.320 e. The maximum absolute atomic E-state index is 11.1. The SMILES string of the molecule is CC(C)CC(NC(C)C1(C)CC1)C(=O)O. The van der Waals surface area contributed by atoms with Gasteiger partial charge in [-0.2, -0.15) is 0 Å². The quantitative estimate of drug-likeness (QED) is 0.711. The molecule has 3 nitrogen and oxygen atoms in total. The van der Waals surface area contributed by atoms with E-state index in [1.54, 1.807) is 0 Å². The normalized spacial score (nSPS) is 22.5. The molecule has 0 amide bonds. The van der Waals surface area contributed by atoms with E-state index >= 15 is 0 Å². The van der Waals surface area contributed by atoms with Crippen molar-refractivity contribution in [2.45, 2.75) is 59.0 Å². The van der Waals surface area contributed by atoms with Crippen LogP contribution in [0.2, 0.25) is 0 Å². The van der Waals surface area contributed by atoms with Crippen molar-refractivity contribution in [3.8, 4) is 0 Å². The highest BCUT2D eigenvalue weighted by Crippen LogP contribution is 2.48. The molecule has 2 N–H and O–H groups in total. The van der Waals surface area contributed by atoms with Crippen molar-refractivity contribution >= 4 is 5.97 Å². The van der Waals surface area contributed by atoms with Crippen LogP contribution in [0.5, 0.6) is 0 Å². The van der Waals surface area contributed by atoms with Crippen LogP contribution in [0.3, 0.4) is 0 Å². The number of nitrogens with one attached hydrogen (secondary N) is 1. The van der Waals surface area contributed by atoms with Crippen molar-refractivity contribution in [2.75, 3.05) is 0 Å². The molecule has 1 saturated carbocycles. The summed E-state index contributed by atoms with van der Waals surface area (Å²) < 4.78 is 0. The fourth-order valence-corrected chi connectivity index (χ4v) is 1.84. The lowest BCUT2D eigenvalue weighted by Crippen LogP contribution is -2.46. The van der Waals surface area contributed by atoms with E-state index in [0.29, 0.717) is 23.8 Å². The molecular weight excluding hydrogens is 190 g/mol. The molecule has 0 aromatic rings. The molecule has 0 heterocycles. The third-order valence-corrected chi connectivity index (χ3v) is 3.54. The second-order valence-electron chi connectivity index (χ2n) is 5.56.